The van der Waals surface area contributed by atoms with Crippen LogP contribution in [0.25, 0.3) is 0 Å². The van der Waals surface area contributed by atoms with E-state index in [0.717, 1.165) is 31.6 Å². The van der Waals surface area contributed by atoms with Crippen LogP contribution in [-0.2, 0) is 4.74 Å². The Labute approximate surface area is 99.1 Å². The van der Waals surface area contributed by atoms with Crippen LogP contribution in [0.1, 0.15) is 23.2 Å². The maximum Gasteiger partial charge on any atom is 0.281 e. The number of carbonyl (C=O) groups is 1. The van der Waals surface area contributed by atoms with Crippen LogP contribution < -0.4 is 10.9 Å². The fraction of sp³-hybridized carbons (Fsp3) is 0.417. The Hall–Kier alpha value is -1.62. The molecule has 17 heavy (non-hydrogen) atoms. The van der Waals surface area contributed by atoms with Crippen molar-refractivity contribution < 1.29 is 14.0 Å². The zero-order valence-electron chi connectivity index (χ0n) is 9.41. The topological polar surface area (TPSA) is 50.4 Å². The van der Waals surface area contributed by atoms with Crippen molar-refractivity contribution in [3.8, 4) is 0 Å². The molecule has 1 aliphatic rings. The van der Waals surface area contributed by atoms with E-state index in [0.29, 0.717) is 11.3 Å². The second-order valence-corrected chi connectivity index (χ2v) is 4.00. The highest BCUT2D eigenvalue weighted by Gasteiger charge is 2.16. The first-order chi connectivity index (χ1) is 8.31. The van der Waals surface area contributed by atoms with E-state index in [1.54, 1.807) is 18.2 Å². The Balaban J connectivity index is 2.11. The summed E-state index contributed by atoms with van der Waals surface area (Å²) in [6, 6.07) is 7.17. The summed E-state index contributed by atoms with van der Waals surface area (Å²) in [6.07, 6.45) is 1.79. The van der Waals surface area contributed by atoms with Crippen molar-refractivity contribution in [2.45, 2.75) is 18.9 Å². The summed E-state index contributed by atoms with van der Waals surface area (Å²) in [7, 11) is 0. The van der Waals surface area contributed by atoms with Gasteiger partial charge in [0.05, 0.1) is 5.56 Å². The van der Waals surface area contributed by atoms with Gasteiger partial charge < -0.3 is 10.1 Å². The third-order valence-corrected chi connectivity index (χ3v) is 2.84. The molecule has 2 N–H and O–H groups in total. The highest BCUT2D eigenvalue weighted by atomic mass is 19.2. The second-order valence-electron chi connectivity index (χ2n) is 4.00. The number of nitrogens with one attached hydrogen (secondary N) is 2. The lowest BCUT2D eigenvalue weighted by molar-refractivity contribution is 0.0859. The van der Waals surface area contributed by atoms with Gasteiger partial charge in [-0.15, -0.1) is 0 Å². The van der Waals surface area contributed by atoms with Crippen molar-refractivity contribution in [2.24, 2.45) is 0 Å². The van der Waals surface area contributed by atoms with Crippen LogP contribution in [0.4, 0.5) is 10.2 Å². The van der Waals surface area contributed by atoms with E-state index >= 15 is 0 Å². The summed E-state index contributed by atoms with van der Waals surface area (Å²) in [4.78, 5) is 11.3. The summed E-state index contributed by atoms with van der Waals surface area (Å²) in [5.41, 5.74) is 2.14. The maximum absolute atomic E-state index is 12.2. The molecule has 5 heteroatoms. The fourth-order valence-electron chi connectivity index (χ4n) is 1.92. The Morgan fingerprint density at radius 3 is 2.71 bits per heavy atom. The molecule has 0 unspecified atom stereocenters. The number of hydrogen-bond donors (Lipinski definition) is 2. The predicted octanol–water partition coefficient (Wildman–Crippen LogP) is 1.89. The van der Waals surface area contributed by atoms with Gasteiger partial charge >= 0.3 is 0 Å². The van der Waals surface area contributed by atoms with Crippen LogP contribution in [-0.4, -0.2) is 25.2 Å². The highest BCUT2D eigenvalue weighted by molar-refractivity contribution is 5.98. The monoisotopic (exact) mass is 238 g/mol. The Kier molecular flexibility index (Phi) is 3.93. The van der Waals surface area contributed by atoms with Crippen LogP contribution in [0, 0.1) is 0 Å². The minimum Gasteiger partial charge on any atom is -0.381 e. The van der Waals surface area contributed by atoms with Crippen LogP contribution in [0.3, 0.4) is 0 Å². The molecule has 0 aliphatic carbocycles. The van der Waals surface area contributed by atoms with Gasteiger partial charge in [0.25, 0.3) is 5.91 Å². The van der Waals surface area contributed by atoms with Crippen LogP contribution in [0.2, 0.25) is 0 Å². The van der Waals surface area contributed by atoms with Gasteiger partial charge in [0.15, 0.2) is 0 Å². The van der Waals surface area contributed by atoms with E-state index < -0.39 is 5.91 Å². The zero-order chi connectivity index (χ0) is 12.1. The van der Waals surface area contributed by atoms with Gasteiger partial charge in [0.2, 0.25) is 0 Å². The highest BCUT2D eigenvalue weighted by Crippen LogP contribution is 2.19. The van der Waals surface area contributed by atoms with E-state index in [9.17, 15) is 9.28 Å². The standard InChI is InChI=1S/C12H15FN2O2/c13-15-12(16)10-3-1-2-4-11(10)14-9-5-7-17-8-6-9/h1-4,9,14H,5-8H2,(H,15,16). The van der Waals surface area contributed by atoms with Gasteiger partial charge in [0.1, 0.15) is 0 Å². The summed E-state index contributed by atoms with van der Waals surface area (Å²) in [5.74, 6) is -0.722. The third kappa shape index (κ3) is 2.94. The average Bonchev–Trinajstić information content (AvgIpc) is 2.40. The SMILES string of the molecule is O=C(NF)c1ccccc1NC1CCOCC1. The minimum atomic E-state index is -0.722. The van der Waals surface area contributed by atoms with Crippen molar-refractivity contribution in [3.05, 3.63) is 29.8 Å². The largest absolute Gasteiger partial charge is 0.381 e. The van der Waals surface area contributed by atoms with Crippen molar-refractivity contribution in [1.82, 2.24) is 5.54 Å². The van der Waals surface area contributed by atoms with E-state index in [1.807, 2.05) is 6.07 Å². The number of amides is 1. The number of rotatable bonds is 3. The number of anilines is 1. The molecule has 1 amide bonds. The summed E-state index contributed by atoms with van der Waals surface area (Å²) in [6.45, 7) is 1.43. The summed E-state index contributed by atoms with van der Waals surface area (Å²) in [5, 5.41) is 3.26. The van der Waals surface area contributed by atoms with Crippen LogP contribution >= 0.6 is 0 Å². The van der Waals surface area contributed by atoms with Crippen molar-refractivity contribution >= 4 is 11.6 Å². The lowest BCUT2D eigenvalue weighted by Crippen LogP contribution is -2.29. The van der Waals surface area contributed by atoms with Crippen molar-refractivity contribution in [3.63, 3.8) is 0 Å². The molecule has 1 aliphatic heterocycles. The number of para-hydroxylation sites is 1. The van der Waals surface area contributed by atoms with Crippen LogP contribution in [0.5, 0.6) is 0 Å². The summed E-state index contributed by atoms with van der Waals surface area (Å²) >= 11 is 0. The molecule has 0 aromatic heterocycles. The molecule has 1 aromatic carbocycles. The molecule has 1 aromatic rings. The van der Waals surface area contributed by atoms with Gasteiger partial charge in [-0.25, -0.2) is 0 Å². The van der Waals surface area contributed by atoms with Gasteiger partial charge in [0, 0.05) is 24.9 Å². The molecule has 1 heterocycles. The molecule has 0 radical (unpaired) electrons. The third-order valence-electron chi connectivity index (χ3n) is 2.84. The van der Waals surface area contributed by atoms with Gasteiger partial charge in [-0.1, -0.05) is 16.6 Å². The molecule has 1 saturated heterocycles. The Morgan fingerprint density at radius 2 is 2.00 bits per heavy atom. The lowest BCUT2D eigenvalue weighted by Gasteiger charge is -2.25. The first-order valence-corrected chi connectivity index (χ1v) is 5.65. The number of halogens is 1. The predicted molar refractivity (Wildman–Crippen MR) is 62.5 cm³/mol. The molecular formula is C12H15FN2O2. The van der Waals surface area contributed by atoms with E-state index in [4.69, 9.17) is 4.74 Å². The first kappa shape index (κ1) is 11.9. The second kappa shape index (κ2) is 5.63. The molecule has 0 spiro atoms. The quantitative estimate of drug-likeness (QED) is 0.791. The smallest absolute Gasteiger partial charge is 0.281 e. The van der Waals surface area contributed by atoms with Gasteiger partial charge in [-0.3, -0.25) is 4.79 Å². The van der Waals surface area contributed by atoms with E-state index in [1.165, 1.54) is 0 Å². The van der Waals surface area contributed by atoms with Crippen LogP contribution in [0.15, 0.2) is 24.3 Å². The normalized spacial score (nSPS) is 16.5. The lowest BCUT2D eigenvalue weighted by atomic mass is 10.1. The average molecular weight is 238 g/mol. The number of ether oxygens (including phenoxy) is 1. The molecule has 0 saturated carbocycles. The summed E-state index contributed by atoms with van der Waals surface area (Å²) < 4.78 is 17.4. The Bertz CT molecular complexity index is 392. The Morgan fingerprint density at radius 1 is 1.29 bits per heavy atom. The molecule has 1 fully saturated rings. The maximum atomic E-state index is 12.2. The number of benzene rings is 1. The molecule has 0 bridgehead atoms. The van der Waals surface area contributed by atoms with Gasteiger partial charge in [-0.05, 0) is 25.0 Å². The first-order valence-electron chi connectivity index (χ1n) is 5.65. The molecule has 4 nitrogen and oxygen atoms in total. The van der Waals surface area contributed by atoms with Crippen molar-refractivity contribution in [2.75, 3.05) is 18.5 Å². The molecule has 2 rings (SSSR count). The molecule has 0 atom stereocenters. The zero-order valence-corrected chi connectivity index (χ0v) is 9.41. The van der Waals surface area contributed by atoms with Gasteiger partial charge in [-0.2, -0.15) is 5.54 Å². The molecular weight excluding hydrogens is 223 g/mol. The van der Waals surface area contributed by atoms with E-state index in [-0.39, 0.29) is 6.04 Å². The molecule has 92 valence electrons. The number of carbonyl (C=O) groups excluding carboxylic acids is 1. The minimum absolute atomic E-state index is 0.275. The fourth-order valence-corrected chi connectivity index (χ4v) is 1.92. The number of hydrogen-bond acceptors (Lipinski definition) is 3. The van der Waals surface area contributed by atoms with E-state index in [2.05, 4.69) is 5.32 Å². The van der Waals surface area contributed by atoms with Crippen molar-refractivity contribution in [1.29, 1.82) is 0 Å².